The van der Waals surface area contributed by atoms with Crippen molar-refractivity contribution in [2.45, 2.75) is 6.92 Å². The Kier molecular flexibility index (Phi) is 4.23. The van der Waals surface area contributed by atoms with E-state index in [1.807, 2.05) is 6.92 Å². The first-order valence-electron chi connectivity index (χ1n) is 1.95. The van der Waals surface area contributed by atoms with Gasteiger partial charge in [0.15, 0.2) is 0 Å². The average molecular weight is 87.1 g/mol. The Morgan fingerprint density at radius 2 is 2.17 bits per heavy atom. The molecule has 0 saturated carbocycles. The molecule has 0 heterocycles. The monoisotopic (exact) mass is 87.1 g/mol. The van der Waals surface area contributed by atoms with E-state index in [1.54, 1.807) is 0 Å². The van der Waals surface area contributed by atoms with Gasteiger partial charge in [0.25, 0.3) is 0 Å². The van der Waals surface area contributed by atoms with E-state index in [0.29, 0.717) is 6.67 Å². The lowest BCUT2D eigenvalue weighted by molar-refractivity contribution is 0.884. The molecule has 0 fully saturated rings. The fourth-order valence-corrected chi connectivity index (χ4v) is 0.158. The van der Waals surface area contributed by atoms with Gasteiger partial charge in [0.2, 0.25) is 0 Å². The molecule has 0 aromatic rings. The summed E-state index contributed by atoms with van der Waals surface area (Å²) >= 11 is 0. The Hall–Kier alpha value is -0.440. The van der Waals surface area contributed by atoms with Crippen LogP contribution in [0.1, 0.15) is 6.92 Å². The molecule has 0 rings (SSSR count). The van der Waals surface area contributed by atoms with Crippen molar-refractivity contribution in [1.29, 1.82) is 0 Å². The van der Waals surface area contributed by atoms with Crippen molar-refractivity contribution >= 4 is 0 Å². The van der Waals surface area contributed by atoms with Gasteiger partial charge >= 0.3 is 0 Å². The maximum Gasteiger partial charge on any atom is 0.107 e. The molecule has 0 aromatic heterocycles. The summed E-state index contributed by atoms with van der Waals surface area (Å²) in [5.74, 6) is 0. The Morgan fingerprint density at radius 1 is 1.50 bits per heavy atom. The second-order valence-corrected chi connectivity index (χ2v) is 0.782. The Labute approximate surface area is 37.3 Å². The molecule has 0 saturated heterocycles. The van der Waals surface area contributed by atoms with Gasteiger partial charge in [0, 0.05) is 0 Å². The molecule has 0 aliphatic carbocycles. The van der Waals surface area contributed by atoms with Crippen LogP contribution in [0.4, 0.5) is 0 Å². The van der Waals surface area contributed by atoms with Gasteiger partial charge in [-0.3, -0.25) is 0 Å². The lowest BCUT2D eigenvalue weighted by atomic mass is 10.8. The Bertz CT molecular complexity index is 35.3. The van der Waals surface area contributed by atoms with Crippen LogP contribution in [0.5, 0.6) is 0 Å². The van der Waals surface area contributed by atoms with Crippen molar-refractivity contribution in [2.75, 3.05) is 13.2 Å². The van der Waals surface area contributed by atoms with Crippen LogP contribution in [0.25, 0.3) is 0 Å². The van der Waals surface area contributed by atoms with Crippen molar-refractivity contribution in [3.63, 3.8) is 0 Å². The standard InChI is InChI=1S/C3H9N3/c1-2-5-6-3-4/h2-4H2,1H3/b6-5+. The second-order valence-electron chi connectivity index (χ2n) is 0.782. The van der Waals surface area contributed by atoms with E-state index in [9.17, 15) is 0 Å². The van der Waals surface area contributed by atoms with Gasteiger partial charge in [-0.1, -0.05) is 0 Å². The minimum Gasteiger partial charge on any atom is -0.311 e. The number of nitrogens with zero attached hydrogens (tertiary/aromatic N) is 2. The van der Waals surface area contributed by atoms with Crippen molar-refractivity contribution in [1.82, 2.24) is 0 Å². The molecule has 0 unspecified atom stereocenters. The predicted molar refractivity (Wildman–Crippen MR) is 24.5 cm³/mol. The van der Waals surface area contributed by atoms with E-state index in [-0.39, 0.29) is 0 Å². The van der Waals surface area contributed by atoms with E-state index in [2.05, 4.69) is 10.2 Å². The third kappa shape index (κ3) is 3.56. The number of hydrogen-bond acceptors (Lipinski definition) is 3. The van der Waals surface area contributed by atoms with Gasteiger partial charge in [-0.15, -0.1) is 0 Å². The van der Waals surface area contributed by atoms with E-state index in [1.165, 1.54) is 0 Å². The summed E-state index contributed by atoms with van der Waals surface area (Å²) in [6, 6.07) is 0. The molecule has 6 heavy (non-hydrogen) atoms. The van der Waals surface area contributed by atoms with Gasteiger partial charge < -0.3 is 5.73 Å². The molecule has 0 amide bonds. The van der Waals surface area contributed by atoms with Crippen LogP contribution < -0.4 is 5.73 Å². The Balaban J connectivity index is 2.73. The van der Waals surface area contributed by atoms with E-state index in [4.69, 9.17) is 5.73 Å². The molecule has 0 aromatic carbocycles. The SMILES string of the molecule is CC/N=N/CN. The van der Waals surface area contributed by atoms with E-state index >= 15 is 0 Å². The lowest BCUT2D eigenvalue weighted by Gasteiger charge is -1.74. The molecule has 3 nitrogen and oxygen atoms in total. The zero-order chi connectivity index (χ0) is 4.83. The number of hydrogen-bond donors (Lipinski definition) is 1. The third-order valence-electron chi connectivity index (χ3n) is 0.323. The summed E-state index contributed by atoms with van der Waals surface area (Å²) in [4.78, 5) is 0. The van der Waals surface area contributed by atoms with Gasteiger partial charge in [-0.2, -0.15) is 10.2 Å². The summed E-state index contributed by atoms with van der Waals surface area (Å²) < 4.78 is 0. The second kappa shape index (κ2) is 4.56. The first-order valence-corrected chi connectivity index (χ1v) is 1.95. The van der Waals surface area contributed by atoms with Crippen LogP contribution in [0.3, 0.4) is 0 Å². The molecule has 36 valence electrons. The normalized spacial score (nSPS) is 10.3. The molecule has 0 radical (unpaired) electrons. The van der Waals surface area contributed by atoms with Crippen LogP contribution in [-0.2, 0) is 0 Å². The zero-order valence-corrected chi connectivity index (χ0v) is 3.89. The first kappa shape index (κ1) is 5.56. The summed E-state index contributed by atoms with van der Waals surface area (Å²) in [5, 5.41) is 7.08. The molecule has 3 heteroatoms. The van der Waals surface area contributed by atoms with Crippen LogP contribution >= 0.6 is 0 Å². The highest BCUT2D eigenvalue weighted by molar-refractivity contribution is 4.22. The Morgan fingerprint density at radius 3 is 2.33 bits per heavy atom. The molecule has 0 aliphatic rings. The summed E-state index contributed by atoms with van der Waals surface area (Å²) in [6.07, 6.45) is 0. The highest BCUT2D eigenvalue weighted by Gasteiger charge is 1.59. The van der Waals surface area contributed by atoms with Gasteiger partial charge in [0.1, 0.15) is 6.67 Å². The van der Waals surface area contributed by atoms with Crippen LogP contribution in [0, 0.1) is 0 Å². The fraction of sp³-hybridized carbons (Fsp3) is 1.00. The maximum absolute atomic E-state index is 4.95. The topological polar surface area (TPSA) is 50.7 Å². The van der Waals surface area contributed by atoms with Gasteiger partial charge in [-0.25, -0.2) is 0 Å². The predicted octanol–water partition coefficient (Wildman–Crippen LogP) is 0.375. The smallest absolute Gasteiger partial charge is 0.107 e. The minimum atomic E-state index is 0.313. The first-order chi connectivity index (χ1) is 2.91. The molecule has 0 spiro atoms. The van der Waals surface area contributed by atoms with Crippen LogP contribution in [-0.4, -0.2) is 13.2 Å². The summed E-state index contributed by atoms with van der Waals surface area (Å²) in [6.45, 7) is 2.96. The molecule has 0 aliphatic heterocycles. The lowest BCUT2D eigenvalue weighted by Crippen LogP contribution is -1.91. The van der Waals surface area contributed by atoms with Gasteiger partial charge in [0.05, 0.1) is 6.54 Å². The van der Waals surface area contributed by atoms with Crippen LogP contribution in [0.2, 0.25) is 0 Å². The molecular formula is C3H9N3. The summed E-state index contributed by atoms with van der Waals surface area (Å²) in [7, 11) is 0. The van der Waals surface area contributed by atoms with E-state index in [0.717, 1.165) is 6.54 Å². The average Bonchev–Trinajstić information content (AvgIpc) is 1.61. The van der Waals surface area contributed by atoms with Crippen molar-refractivity contribution in [3.05, 3.63) is 0 Å². The molecule has 0 bridgehead atoms. The van der Waals surface area contributed by atoms with Gasteiger partial charge in [-0.05, 0) is 6.92 Å². The molecule has 0 atom stereocenters. The largest absolute Gasteiger partial charge is 0.311 e. The highest BCUT2D eigenvalue weighted by Crippen LogP contribution is 1.65. The quantitative estimate of drug-likeness (QED) is 0.486. The number of azo groups is 1. The van der Waals surface area contributed by atoms with E-state index < -0.39 is 0 Å². The maximum atomic E-state index is 4.95. The van der Waals surface area contributed by atoms with Crippen LogP contribution in [0.15, 0.2) is 10.2 Å². The molecule has 2 N–H and O–H groups in total. The number of rotatable bonds is 2. The van der Waals surface area contributed by atoms with Crippen molar-refractivity contribution in [2.24, 2.45) is 16.0 Å². The minimum absolute atomic E-state index is 0.313. The summed E-state index contributed by atoms with van der Waals surface area (Å²) in [5.41, 5.74) is 4.95. The highest BCUT2D eigenvalue weighted by atomic mass is 15.1. The van der Waals surface area contributed by atoms with Crippen molar-refractivity contribution in [3.8, 4) is 0 Å². The molecular weight excluding hydrogens is 78.1 g/mol. The number of nitrogens with two attached hydrogens (primary N) is 1. The van der Waals surface area contributed by atoms with Crippen molar-refractivity contribution < 1.29 is 0 Å². The fourth-order valence-electron chi connectivity index (χ4n) is 0.158. The third-order valence-corrected chi connectivity index (χ3v) is 0.323. The zero-order valence-electron chi connectivity index (χ0n) is 3.89.